The number of ether oxygens (including phenoxy) is 1. The maximum Gasteiger partial charge on any atom is 0.311 e. The molecule has 0 spiro atoms. The van der Waals surface area contributed by atoms with Gasteiger partial charge >= 0.3 is 5.97 Å². The van der Waals surface area contributed by atoms with Crippen LogP contribution in [0.25, 0.3) is 0 Å². The molecule has 1 saturated carbocycles. The zero-order valence-corrected chi connectivity index (χ0v) is 9.24. The molecule has 15 heavy (non-hydrogen) atoms. The molecule has 4 heteroatoms. The van der Waals surface area contributed by atoms with E-state index in [1.807, 2.05) is 0 Å². The van der Waals surface area contributed by atoms with Crippen LogP contribution in [0.4, 0.5) is 0 Å². The molecular formula is C11H20O4. The molecule has 0 aromatic rings. The van der Waals surface area contributed by atoms with Crippen LogP contribution in [0.2, 0.25) is 0 Å². The normalized spacial score (nSPS) is 22.1. The van der Waals surface area contributed by atoms with Gasteiger partial charge < -0.3 is 14.9 Å². The van der Waals surface area contributed by atoms with Crippen LogP contribution >= 0.6 is 0 Å². The third kappa shape index (κ3) is 2.92. The van der Waals surface area contributed by atoms with E-state index in [0.717, 1.165) is 19.3 Å². The summed E-state index contributed by atoms with van der Waals surface area (Å²) in [7, 11) is 1.32. The first-order valence-electron chi connectivity index (χ1n) is 5.55. The Hall–Kier alpha value is -0.610. The summed E-state index contributed by atoms with van der Waals surface area (Å²) in [6.07, 6.45) is 4.53. The molecule has 0 saturated heterocycles. The SMILES string of the molecule is COC(=O)C(CCO)C1(O)CCCCC1. The highest BCUT2D eigenvalue weighted by molar-refractivity contribution is 5.73. The Morgan fingerprint density at radius 1 is 1.40 bits per heavy atom. The third-order valence-corrected chi connectivity index (χ3v) is 3.27. The molecule has 0 amide bonds. The molecule has 88 valence electrons. The molecule has 0 aromatic carbocycles. The fourth-order valence-electron chi connectivity index (χ4n) is 2.39. The largest absolute Gasteiger partial charge is 0.469 e. The predicted octanol–water partition coefficient (Wildman–Crippen LogP) is 0.853. The van der Waals surface area contributed by atoms with Gasteiger partial charge in [0.25, 0.3) is 0 Å². The predicted molar refractivity (Wildman–Crippen MR) is 55.2 cm³/mol. The Labute approximate surface area is 90.2 Å². The second-order valence-electron chi connectivity index (χ2n) is 4.25. The molecule has 1 atom stereocenters. The number of hydrogen-bond acceptors (Lipinski definition) is 4. The highest BCUT2D eigenvalue weighted by Gasteiger charge is 2.42. The Morgan fingerprint density at radius 3 is 2.47 bits per heavy atom. The van der Waals surface area contributed by atoms with Gasteiger partial charge in [0.1, 0.15) is 0 Å². The number of aliphatic hydroxyl groups is 2. The van der Waals surface area contributed by atoms with Gasteiger partial charge in [0, 0.05) is 6.61 Å². The van der Waals surface area contributed by atoms with Crippen molar-refractivity contribution < 1.29 is 19.7 Å². The summed E-state index contributed by atoms with van der Waals surface area (Å²) < 4.78 is 4.67. The van der Waals surface area contributed by atoms with E-state index < -0.39 is 17.5 Å². The average molecular weight is 216 g/mol. The smallest absolute Gasteiger partial charge is 0.311 e. The average Bonchev–Trinajstić information content (AvgIpc) is 2.25. The van der Waals surface area contributed by atoms with E-state index in [9.17, 15) is 9.90 Å². The second kappa shape index (κ2) is 5.47. The van der Waals surface area contributed by atoms with Crippen LogP contribution in [0.15, 0.2) is 0 Å². The first-order valence-corrected chi connectivity index (χ1v) is 5.55. The van der Waals surface area contributed by atoms with Crippen molar-refractivity contribution >= 4 is 5.97 Å². The Balaban J connectivity index is 2.71. The lowest BCUT2D eigenvalue weighted by Gasteiger charge is -2.37. The van der Waals surface area contributed by atoms with Crippen LogP contribution < -0.4 is 0 Å². The monoisotopic (exact) mass is 216 g/mol. The van der Waals surface area contributed by atoms with Crippen molar-refractivity contribution in [2.45, 2.75) is 44.1 Å². The lowest BCUT2D eigenvalue weighted by atomic mass is 9.74. The highest BCUT2D eigenvalue weighted by atomic mass is 16.5. The molecule has 4 nitrogen and oxygen atoms in total. The lowest BCUT2D eigenvalue weighted by Crippen LogP contribution is -2.44. The molecule has 1 unspecified atom stereocenters. The molecule has 1 aliphatic carbocycles. The maximum absolute atomic E-state index is 11.5. The van der Waals surface area contributed by atoms with Gasteiger partial charge in [0.05, 0.1) is 18.6 Å². The van der Waals surface area contributed by atoms with E-state index in [1.54, 1.807) is 0 Å². The quantitative estimate of drug-likeness (QED) is 0.684. The first-order chi connectivity index (χ1) is 7.14. The fraction of sp³-hybridized carbons (Fsp3) is 0.909. The highest BCUT2D eigenvalue weighted by Crippen LogP contribution is 2.36. The molecule has 0 radical (unpaired) electrons. The Morgan fingerprint density at radius 2 is 2.00 bits per heavy atom. The van der Waals surface area contributed by atoms with Crippen molar-refractivity contribution in [3.05, 3.63) is 0 Å². The van der Waals surface area contributed by atoms with E-state index in [2.05, 4.69) is 4.74 Å². The number of methoxy groups -OCH3 is 1. The van der Waals surface area contributed by atoms with Crippen molar-refractivity contribution in [2.75, 3.05) is 13.7 Å². The van der Waals surface area contributed by atoms with Crippen LogP contribution in [0.1, 0.15) is 38.5 Å². The number of carbonyl (C=O) groups is 1. The summed E-state index contributed by atoms with van der Waals surface area (Å²) in [5, 5.41) is 19.3. The molecule has 1 aliphatic rings. The van der Waals surface area contributed by atoms with Gasteiger partial charge in [-0.15, -0.1) is 0 Å². The molecule has 1 fully saturated rings. The summed E-state index contributed by atoms with van der Waals surface area (Å²) in [6.45, 7) is -0.0952. The summed E-state index contributed by atoms with van der Waals surface area (Å²) in [4.78, 5) is 11.5. The molecule has 0 aliphatic heterocycles. The molecular weight excluding hydrogens is 196 g/mol. The van der Waals surface area contributed by atoms with E-state index >= 15 is 0 Å². The minimum absolute atomic E-state index is 0.0952. The third-order valence-electron chi connectivity index (χ3n) is 3.27. The standard InChI is InChI=1S/C11H20O4/c1-15-10(13)9(5-8-12)11(14)6-3-2-4-7-11/h9,12,14H,2-8H2,1H3. The fourth-order valence-corrected chi connectivity index (χ4v) is 2.39. The van der Waals surface area contributed by atoms with Gasteiger partial charge in [0.2, 0.25) is 0 Å². The Bertz CT molecular complexity index is 209. The number of esters is 1. The molecule has 0 heterocycles. The summed E-state index contributed by atoms with van der Waals surface area (Å²) >= 11 is 0. The van der Waals surface area contributed by atoms with Crippen molar-refractivity contribution in [1.29, 1.82) is 0 Å². The topological polar surface area (TPSA) is 66.8 Å². The van der Waals surface area contributed by atoms with Crippen LogP contribution in [0.5, 0.6) is 0 Å². The molecule has 2 N–H and O–H groups in total. The van der Waals surface area contributed by atoms with Crippen molar-refractivity contribution in [1.82, 2.24) is 0 Å². The zero-order chi connectivity index (χ0) is 11.3. The van der Waals surface area contributed by atoms with Gasteiger partial charge in [-0.25, -0.2) is 0 Å². The lowest BCUT2D eigenvalue weighted by molar-refractivity contribution is -0.159. The first kappa shape index (κ1) is 12.5. The molecule has 0 bridgehead atoms. The number of hydrogen-bond donors (Lipinski definition) is 2. The Kier molecular flexibility index (Phi) is 4.54. The molecule has 1 rings (SSSR count). The van der Waals surface area contributed by atoms with E-state index in [0.29, 0.717) is 12.8 Å². The van der Waals surface area contributed by atoms with Crippen LogP contribution in [0.3, 0.4) is 0 Å². The van der Waals surface area contributed by atoms with E-state index in [1.165, 1.54) is 7.11 Å². The van der Waals surface area contributed by atoms with E-state index in [4.69, 9.17) is 5.11 Å². The van der Waals surface area contributed by atoms with Gasteiger partial charge in [-0.1, -0.05) is 19.3 Å². The van der Waals surface area contributed by atoms with Gasteiger partial charge in [0.15, 0.2) is 0 Å². The van der Waals surface area contributed by atoms with Crippen molar-refractivity contribution in [3.63, 3.8) is 0 Å². The maximum atomic E-state index is 11.5. The second-order valence-corrected chi connectivity index (χ2v) is 4.25. The van der Waals surface area contributed by atoms with E-state index in [-0.39, 0.29) is 13.0 Å². The molecule has 0 aromatic heterocycles. The summed E-state index contributed by atoms with van der Waals surface area (Å²) in [5.74, 6) is -0.985. The number of aliphatic hydroxyl groups excluding tert-OH is 1. The minimum atomic E-state index is -0.964. The summed E-state index contributed by atoms with van der Waals surface area (Å²) in [5.41, 5.74) is -0.964. The zero-order valence-electron chi connectivity index (χ0n) is 9.24. The van der Waals surface area contributed by atoms with Gasteiger partial charge in [-0.05, 0) is 19.3 Å². The van der Waals surface area contributed by atoms with Crippen molar-refractivity contribution in [2.24, 2.45) is 5.92 Å². The number of rotatable bonds is 4. The van der Waals surface area contributed by atoms with Crippen LogP contribution in [-0.4, -0.2) is 35.5 Å². The summed E-state index contributed by atoms with van der Waals surface area (Å²) in [6, 6.07) is 0. The minimum Gasteiger partial charge on any atom is -0.469 e. The number of carbonyl (C=O) groups excluding carboxylic acids is 1. The van der Waals surface area contributed by atoms with Crippen LogP contribution in [0, 0.1) is 5.92 Å². The van der Waals surface area contributed by atoms with Crippen molar-refractivity contribution in [3.8, 4) is 0 Å². The van der Waals surface area contributed by atoms with Gasteiger partial charge in [-0.3, -0.25) is 4.79 Å². The van der Waals surface area contributed by atoms with Gasteiger partial charge in [-0.2, -0.15) is 0 Å². The van der Waals surface area contributed by atoms with Crippen LogP contribution in [-0.2, 0) is 9.53 Å².